The number of carboxylic acid groups (broad SMARTS) is 1. The molecule has 3 amide bonds. The van der Waals surface area contributed by atoms with Gasteiger partial charge in [-0.15, -0.1) is 23.1 Å². The fourth-order valence-electron chi connectivity index (χ4n) is 4.16. The van der Waals surface area contributed by atoms with Gasteiger partial charge in [0, 0.05) is 22.8 Å². The summed E-state index contributed by atoms with van der Waals surface area (Å²) in [6.07, 6.45) is 3.46. The maximum atomic E-state index is 13.1. The van der Waals surface area contributed by atoms with Crippen LogP contribution in [-0.2, 0) is 30.6 Å². The molecule has 18 heteroatoms. The van der Waals surface area contributed by atoms with Crippen molar-refractivity contribution in [3.63, 3.8) is 0 Å². The molecule has 1 saturated heterocycles. The first-order valence-corrected chi connectivity index (χ1v) is 14.3. The Morgan fingerprint density at radius 1 is 1.35 bits per heavy atom. The van der Waals surface area contributed by atoms with E-state index in [-0.39, 0.29) is 47.0 Å². The highest BCUT2D eigenvalue weighted by Gasteiger charge is 2.53. The summed E-state index contributed by atoms with van der Waals surface area (Å²) >= 11 is 3.69. The number of rotatable bonds is 9. The van der Waals surface area contributed by atoms with Crippen LogP contribution in [0.15, 0.2) is 40.3 Å². The number of nitrogens with two attached hydrogens (primary N) is 2. The predicted molar refractivity (Wildman–Crippen MR) is 145 cm³/mol. The van der Waals surface area contributed by atoms with E-state index in [9.17, 15) is 24.3 Å². The molecule has 0 saturated carbocycles. The van der Waals surface area contributed by atoms with Gasteiger partial charge in [-0.1, -0.05) is 16.5 Å². The van der Waals surface area contributed by atoms with Crippen LogP contribution in [0.2, 0.25) is 0 Å². The van der Waals surface area contributed by atoms with Crippen molar-refractivity contribution in [2.75, 3.05) is 30.5 Å². The number of pyridine rings is 1. The molecule has 3 aromatic rings. The zero-order valence-corrected chi connectivity index (χ0v) is 23.1. The van der Waals surface area contributed by atoms with Gasteiger partial charge in [-0.2, -0.15) is 4.57 Å². The quantitative estimate of drug-likeness (QED) is 0.0904. The molecule has 15 nitrogen and oxygen atoms in total. The summed E-state index contributed by atoms with van der Waals surface area (Å²) in [5.41, 5.74) is 11.8. The number of carboxylic acids is 1. The second-order valence-corrected chi connectivity index (χ2v) is 11.5. The number of carbonyl (C=O) groups is 4. The number of aromatic nitrogens is 3. The average molecular weight is 604 g/mol. The molecule has 3 aromatic heterocycles. The lowest BCUT2D eigenvalue weighted by Gasteiger charge is -2.50. The number of nitrogens with zero attached hydrogens (tertiary/aromatic N) is 5. The third-order valence-electron chi connectivity index (χ3n) is 5.88. The molecule has 2 aliphatic heterocycles. The molecular formula is C22H21N9O6S3. The molecule has 0 radical (unpaired) electrons. The topological polar surface area (TPSA) is 222 Å². The summed E-state index contributed by atoms with van der Waals surface area (Å²) < 4.78 is 2.54. The third kappa shape index (κ3) is 5.20. The van der Waals surface area contributed by atoms with E-state index in [1.807, 2.05) is 0 Å². The Kier molecular flexibility index (Phi) is 7.66. The molecule has 2 atom stereocenters. The number of thioether (sulfide) groups is 1. The molecule has 0 spiro atoms. The monoisotopic (exact) mass is 603 g/mol. The highest BCUT2D eigenvalue weighted by atomic mass is 32.2. The number of nitrogen functional groups attached to an aromatic ring is 1. The Labute approximate surface area is 237 Å². The van der Waals surface area contributed by atoms with E-state index >= 15 is 0 Å². The predicted octanol–water partition coefficient (Wildman–Crippen LogP) is -2.03. The van der Waals surface area contributed by atoms with Gasteiger partial charge in [0.15, 0.2) is 34.9 Å². The zero-order chi connectivity index (χ0) is 28.6. The van der Waals surface area contributed by atoms with Crippen molar-refractivity contribution in [1.82, 2.24) is 20.2 Å². The van der Waals surface area contributed by atoms with Gasteiger partial charge in [-0.3, -0.25) is 19.3 Å². The number of hydrogen-bond donors (Lipinski definition) is 4. The lowest BCUT2D eigenvalue weighted by atomic mass is 10.0. The van der Waals surface area contributed by atoms with Gasteiger partial charge in [-0.25, -0.2) is 9.97 Å². The summed E-state index contributed by atoms with van der Waals surface area (Å²) in [4.78, 5) is 64.0. The Balaban J connectivity index is 1.33. The number of oxime groups is 1. The molecular weight excluding hydrogens is 583 g/mol. The van der Waals surface area contributed by atoms with Crippen molar-refractivity contribution in [3.05, 3.63) is 40.8 Å². The van der Waals surface area contributed by atoms with Crippen molar-refractivity contribution in [2.24, 2.45) is 10.9 Å². The summed E-state index contributed by atoms with van der Waals surface area (Å²) in [6.45, 7) is -0.0188. The largest absolute Gasteiger partial charge is 0.543 e. The fourth-order valence-corrected chi connectivity index (χ4v) is 6.89. The van der Waals surface area contributed by atoms with Crippen LogP contribution < -0.4 is 31.8 Å². The first kappa shape index (κ1) is 27.4. The molecule has 6 N–H and O–H groups in total. The minimum absolute atomic E-state index is 0.150. The standard InChI is InChI=1S/C22H21N9O6S3/c1-37-29-14(11-8-39-21(24)25-11)17(33)28-15-18(34)31-16(20(35)36)9(7-38-19(15)31)5-30-3-2-12-10(6-30)26-22(40-12)27-13(32)4-23/h2-3,6,8,15,19H,4-5,7,23H2,1H3,(H4-,24,25,26,27,28,32,33,35,36)/b29-14-/t15?,19-/m1/s1. The van der Waals surface area contributed by atoms with Crippen molar-refractivity contribution in [2.45, 2.75) is 18.0 Å². The maximum Gasteiger partial charge on any atom is 0.276 e. The molecule has 5 heterocycles. The van der Waals surface area contributed by atoms with E-state index in [2.05, 4.69) is 25.8 Å². The van der Waals surface area contributed by atoms with Crippen LogP contribution in [0, 0.1) is 0 Å². The van der Waals surface area contributed by atoms with E-state index in [0.29, 0.717) is 16.2 Å². The summed E-state index contributed by atoms with van der Waals surface area (Å²) in [7, 11) is 1.26. The van der Waals surface area contributed by atoms with E-state index in [1.54, 1.807) is 23.0 Å². The molecule has 5 rings (SSSR count). The number of aliphatic carboxylic acids is 1. The van der Waals surface area contributed by atoms with E-state index < -0.39 is 29.2 Å². The van der Waals surface area contributed by atoms with Crippen molar-refractivity contribution in [1.29, 1.82) is 0 Å². The van der Waals surface area contributed by atoms with Gasteiger partial charge in [0.1, 0.15) is 29.7 Å². The third-order valence-corrected chi connectivity index (χ3v) is 8.85. The minimum Gasteiger partial charge on any atom is -0.543 e. The van der Waals surface area contributed by atoms with Gasteiger partial charge in [-0.05, 0) is 0 Å². The van der Waals surface area contributed by atoms with Crippen molar-refractivity contribution < 1.29 is 33.7 Å². The van der Waals surface area contributed by atoms with Crippen molar-refractivity contribution in [3.8, 4) is 0 Å². The Morgan fingerprint density at radius 3 is 2.83 bits per heavy atom. The smallest absolute Gasteiger partial charge is 0.276 e. The van der Waals surface area contributed by atoms with Crippen molar-refractivity contribution >= 4 is 84.3 Å². The molecule has 0 aliphatic carbocycles. The Bertz CT molecular complexity index is 1600. The zero-order valence-electron chi connectivity index (χ0n) is 20.7. The highest BCUT2D eigenvalue weighted by Crippen LogP contribution is 2.40. The summed E-state index contributed by atoms with van der Waals surface area (Å²) in [5.74, 6) is -2.92. The number of fused-ring (bicyclic) bond motifs is 2. The summed E-state index contributed by atoms with van der Waals surface area (Å²) in [5, 5.41) is 22.6. The maximum absolute atomic E-state index is 13.1. The first-order valence-electron chi connectivity index (χ1n) is 11.5. The number of amides is 3. The molecule has 208 valence electrons. The van der Waals surface area contributed by atoms with Crippen LogP contribution >= 0.6 is 34.4 Å². The lowest BCUT2D eigenvalue weighted by Crippen LogP contribution is -2.71. The van der Waals surface area contributed by atoms with Gasteiger partial charge < -0.3 is 36.8 Å². The number of anilines is 2. The molecule has 40 heavy (non-hydrogen) atoms. The first-order chi connectivity index (χ1) is 19.2. The SMILES string of the molecule is CO/N=C(\C(=O)NC1C(=O)N2C(C(=O)[O-])=C(C[n+]3ccc4sc(NC(=O)CN)nc4c3)CS[C@H]12)c1csc(N)n1. The van der Waals surface area contributed by atoms with Gasteiger partial charge >= 0.3 is 0 Å². The molecule has 0 bridgehead atoms. The van der Waals surface area contributed by atoms with Crippen LogP contribution in [0.25, 0.3) is 10.2 Å². The van der Waals surface area contributed by atoms with Gasteiger partial charge in [0.2, 0.25) is 5.91 Å². The molecule has 0 aromatic carbocycles. The molecule has 2 aliphatic rings. The number of β-lactam (4-membered cyclic amide) rings is 1. The summed E-state index contributed by atoms with van der Waals surface area (Å²) in [6, 6.07) is 0.797. The fraction of sp³-hybridized carbons (Fsp3) is 0.273. The van der Waals surface area contributed by atoms with Crippen LogP contribution in [0.4, 0.5) is 10.3 Å². The van der Waals surface area contributed by atoms with Crippen LogP contribution in [-0.4, -0.2) is 75.1 Å². The average Bonchev–Trinajstić information content (AvgIpc) is 3.54. The van der Waals surface area contributed by atoms with E-state index in [1.165, 1.54) is 35.6 Å². The second kappa shape index (κ2) is 11.2. The van der Waals surface area contributed by atoms with Gasteiger partial charge in [0.25, 0.3) is 11.8 Å². The van der Waals surface area contributed by atoms with E-state index in [0.717, 1.165) is 20.9 Å². The van der Waals surface area contributed by atoms with Crippen LogP contribution in [0.3, 0.4) is 0 Å². The highest BCUT2D eigenvalue weighted by molar-refractivity contribution is 8.00. The second-order valence-electron chi connectivity index (χ2n) is 8.43. The lowest BCUT2D eigenvalue weighted by molar-refractivity contribution is -0.687. The molecule has 1 unspecified atom stereocenters. The number of nitrogens with one attached hydrogen (secondary N) is 2. The normalized spacial score (nSPS) is 18.8. The van der Waals surface area contributed by atoms with Crippen LogP contribution in [0.5, 0.6) is 0 Å². The Morgan fingerprint density at radius 2 is 2.15 bits per heavy atom. The number of carbonyl (C=O) groups excluding carboxylic acids is 4. The van der Waals surface area contributed by atoms with Crippen LogP contribution in [0.1, 0.15) is 5.69 Å². The number of hydrogen-bond acceptors (Lipinski definition) is 14. The minimum atomic E-state index is -1.50. The van der Waals surface area contributed by atoms with Gasteiger partial charge in [0.05, 0.1) is 22.9 Å². The van der Waals surface area contributed by atoms with E-state index in [4.69, 9.17) is 16.3 Å². The Hall–Kier alpha value is -4.13. The molecule has 1 fully saturated rings. The number of thiazole rings is 2.